The van der Waals surface area contributed by atoms with Crippen LogP contribution in [0.1, 0.15) is 31.4 Å². The molecule has 0 saturated carbocycles. The quantitative estimate of drug-likeness (QED) is 0.672. The van der Waals surface area contributed by atoms with Crippen molar-refractivity contribution < 1.29 is 9.47 Å². The molecular formula is C15H14O2. The number of hydrogen-bond acceptors (Lipinski definition) is 2. The van der Waals surface area contributed by atoms with Gasteiger partial charge in [0.1, 0.15) is 0 Å². The average molecular weight is 226 g/mol. The Morgan fingerprint density at radius 3 is 2.94 bits per heavy atom. The van der Waals surface area contributed by atoms with Crippen molar-refractivity contribution in [3.8, 4) is 11.5 Å². The minimum atomic E-state index is 0.251. The monoisotopic (exact) mass is 226 g/mol. The molecule has 0 amide bonds. The summed E-state index contributed by atoms with van der Waals surface area (Å²) in [5.41, 5.74) is 5.55. The summed E-state index contributed by atoms with van der Waals surface area (Å²) in [4.78, 5) is 0. The number of hydrogen-bond donors (Lipinski definition) is 0. The molecule has 0 bridgehead atoms. The largest absolute Gasteiger partial charge is 0.454 e. The van der Waals surface area contributed by atoms with Gasteiger partial charge in [-0.3, -0.25) is 0 Å². The zero-order valence-corrected chi connectivity index (χ0v) is 10.0. The van der Waals surface area contributed by atoms with E-state index in [1.165, 1.54) is 22.3 Å². The lowest BCUT2D eigenvalue weighted by Gasteiger charge is -2.19. The smallest absolute Gasteiger partial charge is 0.231 e. The van der Waals surface area contributed by atoms with Crippen LogP contribution in [0, 0.1) is 5.41 Å². The Morgan fingerprint density at radius 2 is 2.06 bits per heavy atom. The van der Waals surface area contributed by atoms with E-state index < -0.39 is 0 Å². The maximum atomic E-state index is 5.62. The van der Waals surface area contributed by atoms with Crippen molar-refractivity contribution in [2.75, 3.05) is 6.79 Å². The highest BCUT2D eigenvalue weighted by Gasteiger charge is 2.38. The molecule has 2 aliphatic carbocycles. The molecule has 0 unspecified atom stereocenters. The van der Waals surface area contributed by atoms with Crippen LogP contribution in [0.15, 0.2) is 23.8 Å². The van der Waals surface area contributed by atoms with Gasteiger partial charge in [-0.15, -0.1) is 0 Å². The summed E-state index contributed by atoms with van der Waals surface area (Å²) in [6, 6.07) is 4.14. The fourth-order valence-electron chi connectivity index (χ4n) is 2.99. The van der Waals surface area contributed by atoms with Gasteiger partial charge < -0.3 is 9.47 Å². The lowest BCUT2D eigenvalue weighted by molar-refractivity contribution is 0.173. The van der Waals surface area contributed by atoms with E-state index in [1.807, 2.05) is 6.07 Å². The minimum absolute atomic E-state index is 0.251. The number of benzene rings is 1. The molecule has 3 aliphatic rings. The molecular weight excluding hydrogens is 212 g/mol. The molecule has 4 rings (SSSR count). The summed E-state index contributed by atoms with van der Waals surface area (Å²) in [6.07, 6.45) is 5.74. The van der Waals surface area contributed by atoms with Crippen LogP contribution in [0.5, 0.6) is 11.5 Å². The van der Waals surface area contributed by atoms with Crippen molar-refractivity contribution in [3.63, 3.8) is 0 Å². The van der Waals surface area contributed by atoms with Gasteiger partial charge in [0.25, 0.3) is 0 Å². The van der Waals surface area contributed by atoms with Gasteiger partial charge in [-0.05, 0) is 40.7 Å². The van der Waals surface area contributed by atoms with Crippen molar-refractivity contribution in [3.05, 3.63) is 34.9 Å². The van der Waals surface area contributed by atoms with E-state index in [1.54, 1.807) is 0 Å². The van der Waals surface area contributed by atoms with Crippen LogP contribution < -0.4 is 9.47 Å². The van der Waals surface area contributed by atoms with Crippen LogP contribution in [-0.4, -0.2) is 6.79 Å². The number of rotatable bonds is 0. The number of ether oxygens (including phenoxy) is 2. The van der Waals surface area contributed by atoms with Crippen molar-refractivity contribution in [1.82, 2.24) is 0 Å². The molecule has 0 fully saturated rings. The van der Waals surface area contributed by atoms with Crippen LogP contribution in [0.3, 0.4) is 0 Å². The van der Waals surface area contributed by atoms with Crippen molar-refractivity contribution >= 4 is 11.6 Å². The fourth-order valence-corrected chi connectivity index (χ4v) is 2.99. The summed E-state index contributed by atoms with van der Waals surface area (Å²) < 4.78 is 11.1. The lowest BCUT2D eigenvalue weighted by Crippen LogP contribution is -2.07. The lowest BCUT2D eigenvalue weighted by atomic mass is 9.85. The van der Waals surface area contributed by atoms with E-state index in [-0.39, 0.29) is 5.41 Å². The predicted molar refractivity (Wildman–Crippen MR) is 66.9 cm³/mol. The summed E-state index contributed by atoms with van der Waals surface area (Å²) in [5.74, 6) is 1.81. The van der Waals surface area contributed by atoms with Crippen LogP contribution in [-0.2, 0) is 0 Å². The highest BCUT2D eigenvalue weighted by atomic mass is 16.7. The van der Waals surface area contributed by atoms with Gasteiger partial charge in [-0.25, -0.2) is 0 Å². The molecule has 0 aromatic heterocycles. The first kappa shape index (κ1) is 9.34. The van der Waals surface area contributed by atoms with E-state index in [0.29, 0.717) is 6.79 Å². The Hall–Kier alpha value is -1.70. The molecule has 0 saturated heterocycles. The Morgan fingerprint density at radius 1 is 1.18 bits per heavy atom. The first-order valence-corrected chi connectivity index (χ1v) is 6.02. The maximum Gasteiger partial charge on any atom is 0.231 e. The average Bonchev–Trinajstić information content (AvgIpc) is 2.94. The van der Waals surface area contributed by atoms with E-state index in [4.69, 9.17) is 9.47 Å². The van der Waals surface area contributed by atoms with Crippen LogP contribution in [0.25, 0.3) is 11.6 Å². The third-order valence-electron chi connectivity index (χ3n) is 3.98. The highest BCUT2D eigenvalue weighted by molar-refractivity contribution is 6.00. The topological polar surface area (TPSA) is 18.5 Å². The number of allylic oxidation sites excluding steroid dienone is 3. The van der Waals surface area contributed by atoms with Gasteiger partial charge in [0.15, 0.2) is 11.5 Å². The van der Waals surface area contributed by atoms with E-state index >= 15 is 0 Å². The van der Waals surface area contributed by atoms with Crippen LogP contribution in [0.2, 0.25) is 0 Å². The second-order valence-electron chi connectivity index (χ2n) is 5.53. The molecule has 1 aromatic carbocycles. The van der Waals surface area contributed by atoms with Crippen molar-refractivity contribution in [1.29, 1.82) is 0 Å². The molecule has 86 valence electrons. The molecule has 1 aliphatic heterocycles. The molecule has 0 radical (unpaired) electrons. The van der Waals surface area contributed by atoms with Gasteiger partial charge in [0, 0.05) is 5.56 Å². The van der Waals surface area contributed by atoms with Gasteiger partial charge in [0.2, 0.25) is 6.79 Å². The Balaban J connectivity index is 1.97. The van der Waals surface area contributed by atoms with Crippen molar-refractivity contribution in [2.24, 2.45) is 5.41 Å². The van der Waals surface area contributed by atoms with Crippen molar-refractivity contribution in [2.45, 2.75) is 20.3 Å². The predicted octanol–water partition coefficient (Wildman–Crippen LogP) is 3.63. The first-order valence-electron chi connectivity index (χ1n) is 6.02. The zero-order chi connectivity index (χ0) is 11.6. The SMILES string of the molecule is CC1(C)CC=C2C1=Cc1ccc3c(c12)OCO3. The Kier molecular flexibility index (Phi) is 1.51. The second kappa shape index (κ2) is 2.76. The molecule has 2 nitrogen and oxygen atoms in total. The van der Waals surface area contributed by atoms with Gasteiger partial charge in [0.05, 0.1) is 0 Å². The molecule has 0 N–H and O–H groups in total. The van der Waals surface area contributed by atoms with Gasteiger partial charge in [-0.1, -0.05) is 26.0 Å². The van der Waals surface area contributed by atoms with Gasteiger partial charge in [-0.2, -0.15) is 0 Å². The molecule has 0 spiro atoms. The zero-order valence-electron chi connectivity index (χ0n) is 10.0. The summed E-state index contributed by atoms with van der Waals surface area (Å²) >= 11 is 0. The van der Waals surface area contributed by atoms with E-state index in [0.717, 1.165) is 17.9 Å². The van der Waals surface area contributed by atoms with Crippen LogP contribution in [0.4, 0.5) is 0 Å². The summed E-state index contributed by atoms with van der Waals surface area (Å²) in [7, 11) is 0. The second-order valence-corrected chi connectivity index (χ2v) is 5.53. The minimum Gasteiger partial charge on any atom is -0.454 e. The highest BCUT2D eigenvalue weighted by Crippen LogP contribution is 2.56. The van der Waals surface area contributed by atoms with E-state index in [9.17, 15) is 0 Å². The number of fused-ring (bicyclic) bond motifs is 5. The fraction of sp³-hybridized carbons (Fsp3) is 0.333. The van der Waals surface area contributed by atoms with Gasteiger partial charge >= 0.3 is 0 Å². The normalized spacial score (nSPS) is 22.0. The standard InChI is InChI=1S/C15H14O2/c1-15(2)6-5-10-11(15)7-9-3-4-12-14(13(9)10)17-8-16-12/h3-5,7H,6,8H2,1-2H3. The third kappa shape index (κ3) is 1.05. The molecule has 0 atom stereocenters. The summed E-state index contributed by atoms with van der Waals surface area (Å²) in [6.45, 7) is 4.94. The van der Waals surface area contributed by atoms with Crippen LogP contribution >= 0.6 is 0 Å². The molecule has 1 aromatic rings. The molecule has 1 heterocycles. The summed E-state index contributed by atoms with van der Waals surface area (Å²) in [5, 5.41) is 0. The third-order valence-corrected chi connectivity index (χ3v) is 3.98. The molecule has 17 heavy (non-hydrogen) atoms. The maximum absolute atomic E-state index is 5.62. The Labute approximate surface area is 101 Å². The molecule has 2 heteroatoms. The van der Waals surface area contributed by atoms with E-state index in [2.05, 4.69) is 32.1 Å². The first-order chi connectivity index (χ1) is 8.17. The Bertz CT molecular complexity index is 591.